The number of pyridine rings is 1. The highest BCUT2D eigenvalue weighted by Crippen LogP contribution is 2.21. The fourth-order valence-electron chi connectivity index (χ4n) is 2.30. The first-order valence-corrected chi connectivity index (χ1v) is 7.86. The molecule has 26 heavy (non-hydrogen) atoms. The summed E-state index contributed by atoms with van der Waals surface area (Å²) >= 11 is 0. The summed E-state index contributed by atoms with van der Waals surface area (Å²) in [5, 5.41) is 2.63. The summed E-state index contributed by atoms with van der Waals surface area (Å²) in [5.74, 6) is -1.62. The first-order valence-electron chi connectivity index (χ1n) is 7.86. The average molecular weight is 350 g/mol. The van der Waals surface area contributed by atoms with Gasteiger partial charge in [-0.2, -0.15) is 0 Å². The highest BCUT2D eigenvalue weighted by molar-refractivity contribution is 5.98. The standard InChI is InChI=1S/C20H15FN2O3/c21-16-8-10-17(11-9-16)23-19(24)18(14-5-2-1-3-6-14)26-20(25)15-7-4-12-22-13-15/h1-13,18H,(H,23,24)/t18-/m0/s1. The van der Waals surface area contributed by atoms with Crippen LogP contribution in [0.25, 0.3) is 0 Å². The third kappa shape index (κ3) is 4.30. The van der Waals surface area contributed by atoms with Gasteiger partial charge in [-0.15, -0.1) is 0 Å². The van der Waals surface area contributed by atoms with Crippen molar-refractivity contribution in [1.29, 1.82) is 0 Å². The van der Waals surface area contributed by atoms with Crippen LogP contribution in [0.4, 0.5) is 10.1 Å². The number of nitrogens with one attached hydrogen (secondary N) is 1. The number of ether oxygens (including phenoxy) is 1. The van der Waals surface area contributed by atoms with Crippen LogP contribution in [0.1, 0.15) is 22.0 Å². The minimum absolute atomic E-state index is 0.239. The number of aromatic nitrogens is 1. The second-order valence-electron chi connectivity index (χ2n) is 5.43. The van der Waals surface area contributed by atoms with Crippen LogP contribution in [0.15, 0.2) is 79.1 Å². The fourth-order valence-corrected chi connectivity index (χ4v) is 2.30. The van der Waals surface area contributed by atoms with E-state index < -0.39 is 23.8 Å². The molecule has 0 spiro atoms. The Morgan fingerprint density at radius 3 is 2.35 bits per heavy atom. The van der Waals surface area contributed by atoms with E-state index in [1.807, 2.05) is 0 Å². The van der Waals surface area contributed by atoms with Crippen LogP contribution in [-0.4, -0.2) is 16.9 Å². The van der Waals surface area contributed by atoms with E-state index in [-0.39, 0.29) is 5.56 Å². The largest absolute Gasteiger partial charge is 0.444 e. The molecule has 1 atom stereocenters. The van der Waals surface area contributed by atoms with Crippen LogP contribution < -0.4 is 5.32 Å². The monoisotopic (exact) mass is 350 g/mol. The molecule has 0 aliphatic rings. The van der Waals surface area contributed by atoms with Crippen molar-refractivity contribution in [2.75, 3.05) is 5.32 Å². The predicted octanol–water partition coefficient (Wildman–Crippen LogP) is 3.76. The van der Waals surface area contributed by atoms with Crippen LogP contribution in [0.3, 0.4) is 0 Å². The fraction of sp³-hybridized carbons (Fsp3) is 0.0500. The van der Waals surface area contributed by atoms with Crippen molar-refractivity contribution in [3.63, 3.8) is 0 Å². The van der Waals surface area contributed by atoms with Crippen molar-refractivity contribution < 1.29 is 18.7 Å². The predicted molar refractivity (Wildman–Crippen MR) is 93.9 cm³/mol. The van der Waals surface area contributed by atoms with Crippen molar-refractivity contribution >= 4 is 17.6 Å². The van der Waals surface area contributed by atoms with Gasteiger partial charge < -0.3 is 10.1 Å². The topological polar surface area (TPSA) is 68.3 Å². The normalized spacial score (nSPS) is 11.4. The second-order valence-corrected chi connectivity index (χ2v) is 5.43. The van der Waals surface area contributed by atoms with Gasteiger partial charge in [0, 0.05) is 23.6 Å². The summed E-state index contributed by atoms with van der Waals surface area (Å²) in [5.41, 5.74) is 1.15. The van der Waals surface area contributed by atoms with Crippen molar-refractivity contribution in [1.82, 2.24) is 4.98 Å². The molecule has 3 rings (SSSR count). The number of hydrogen-bond donors (Lipinski definition) is 1. The molecule has 1 aromatic heterocycles. The molecule has 0 bridgehead atoms. The molecule has 1 N–H and O–H groups in total. The summed E-state index contributed by atoms with van der Waals surface area (Å²) in [6.07, 6.45) is 1.74. The van der Waals surface area contributed by atoms with Gasteiger partial charge >= 0.3 is 5.97 Å². The van der Waals surface area contributed by atoms with Crippen molar-refractivity contribution in [3.05, 3.63) is 96.1 Å². The van der Waals surface area contributed by atoms with E-state index in [1.165, 1.54) is 36.7 Å². The Balaban J connectivity index is 1.82. The van der Waals surface area contributed by atoms with Gasteiger partial charge in [0.05, 0.1) is 5.56 Å². The van der Waals surface area contributed by atoms with E-state index in [4.69, 9.17) is 4.74 Å². The van der Waals surface area contributed by atoms with Crippen molar-refractivity contribution in [2.45, 2.75) is 6.10 Å². The lowest BCUT2D eigenvalue weighted by Crippen LogP contribution is -2.26. The quantitative estimate of drug-likeness (QED) is 0.712. The Labute approximate surface area is 149 Å². The smallest absolute Gasteiger partial charge is 0.340 e. The van der Waals surface area contributed by atoms with Gasteiger partial charge in [0.15, 0.2) is 0 Å². The number of nitrogens with zero attached hydrogens (tertiary/aromatic N) is 1. The molecule has 1 heterocycles. The Kier molecular flexibility index (Phi) is 5.34. The zero-order valence-electron chi connectivity index (χ0n) is 13.6. The maximum absolute atomic E-state index is 13.0. The molecule has 3 aromatic rings. The maximum Gasteiger partial charge on any atom is 0.340 e. The van der Waals surface area contributed by atoms with E-state index >= 15 is 0 Å². The van der Waals surface area contributed by atoms with Crippen LogP contribution >= 0.6 is 0 Å². The molecule has 2 aromatic carbocycles. The average Bonchev–Trinajstić information content (AvgIpc) is 2.69. The minimum atomic E-state index is -1.16. The minimum Gasteiger partial charge on any atom is -0.444 e. The Bertz CT molecular complexity index is 884. The van der Waals surface area contributed by atoms with Gasteiger partial charge in [-0.25, -0.2) is 9.18 Å². The van der Waals surface area contributed by atoms with Crippen molar-refractivity contribution in [2.24, 2.45) is 0 Å². The number of carbonyl (C=O) groups excluding carboxylic acids is 2. The van der Waals surface area contributed by atoms with Gasteiger partial charge in [-0.3, -0.25) is 9.78 Å². The summed E-state index contributed by atoms with van der Waals surface area (Å²) < 4.78 is 18.4. The first kappa shape index (κ1) is 17.3. The molecule has 0 radical (unpaired) electrons. The molecule has 0 saturated carbocycles. The van der Waals surface area contributed by atoms with Crippen LogP contribution in [0.2, 0.25) is 0 Å². The number of anilines is 1. The summed E-state index contributed by atoms with van der Waals surface area (Å²) in [7, 11) is 0. The van der Waals surface area contributed by atoms with Crippen LogP contribution in [-0.2, 0) is 9.53 Å². The number of halogens is 1. The number of carbonyl (C=O) groups is 2. The third-order valence-corrected chi connectivity index (χ3v) is 3.57. The van der Waals surface area contributed by atoms with E-state index in [1.54, 1.807) is 42.5 Å². The van der Waals surface area contributed by atoms with E-state index in [2.05, 4.69) is 10.3 Å². The summed E-state index contributed by atoms with van der Waals surface area (Å²) in [6, 6.07) is 17.1. The zero-order valence-corrected chi connectivity index (χ0v) is 13.6. The Morgan fingerprint density at radius 2 is 1.69 bits per heavy atom. The molecule has 130 valence electrons. The van der Waals surface area contributed by atoms with Gasteiger partial charge in [0.2, 0.25) is 6.10 Å². The first-order chi connectivity index (χ1) is 12.6. The molecule has 5 nitrogen and oxygen atoms in total. The molecule has 0 aliphatic heterocycles. The summed E-state index contributed by atoms with van der Waals surface area (Å²) in [4.78, 5) is 28.9. The lowest BCUT2D eigenvalue weighted by molar-refractivity contribution is -0.125. The van der Waals surface area contributed by atoms with Gasteiger partial charge in [0.25, 0.3) is 5.91 Å². The lowest BCUT2D eigenvalue weighted by atomic mass is 10.1. The molecule has 0 saturated heterocycles. The number of rotatable bonds is 5. The van der Waals surface area contributed by atoms with Crippen molar-refractivity contribution in [3.8, 4) is 0 Å². The van der Waals surface area contributed by atoms with Gasteiger partial charge in [0.1, 0.15) is 5.82 Å². The van der Waals surface area contributed by atoms with Crippen LogP contribution in [0.5, 0.6) is 0 Å². The highest BCUT2D eigenvalue weighted by atomic mass is 19.1. The molecular weight excluding hydrogens is 335 g/mol. The number of hydrogen-bond acceptors (Lipinski definition) is 4. The molecule has 0 aliphatic carbocycles. The SMILES string of the molecule is O=C(O[C@H](C(=O)Nc1ccc(F)cc1)c1ccccc1)c1cccnc1. The Morgan fingerprint density at radius 1 is 0.962 bits per heavy atom. The molecule has 6 heteroatoms. The number of amides is 1. The summed E-state index contributed by atoms with van der Waals surface area (Å²) in [6.45, 7) is 0. The Hall–Kier alpha value is -3.54. The highest BCUT2D eigenvalue weighted by Gasteiger charge is 2.25. The van der Waals surface area contributed by atoms with Gasteiger partial charge in [-0.05, 0) is 36.4 Å². The van der Waals surface area contributed by atoms with E-state index in [0.717, 1.165) is 0 Å². The molecular formula is C20H15FN2O3. The number of benzene rings is 2. The maximum atomic E-state index is 13.0. The number of esters is 1. The third-order valence-electron chi connectivity index (χ3n) is 3.57. The van der Waals surface area contributed by atoms with E-state index in [0.29, 0.717) is 11.3 Å². The molecule has 0 unspecified atom stereocenters. The zero-order chi connectivity index (χ0) is 18.4. The molecule has 1 amide bonds. The second kappa shape index (κ2) is 8.02. The molecule has 0 fully saturated rings. The van der Waals surface area contributed by atoms with Crippen LogP contribution in [0, 0.1) is 5.82 Å². The lowest BCUT2D eigenvalue weighted by Gasteiger charge is -2.18. The van der Waals surface area contributed by atoms with E-state index in [9.17, 15) is 14.0 Å². The van der Waals surface area contributed by atoms with Gasteiger partial charge in [-0.1, -0.05) is 30.3 Å².